The Bertz CT molecular complexity index is 1100. The highest BCUT2D eigenvalue weighted by Crippen LogP contribution is 2.34. The van der Waals surface area contributed by atoms with Crippen LogP contribution in [0.25, 0.3) is 11.7 Å². The summed E-state index contributed by atoms with van der Waals surface area (Å²) < 4.78 is 2.06. The number of hydrogen-bond acceptors (Lipinski definition) is 6. The molecular formula is C23H28N4O2S2. The van der Waals surface area contributed by atoms with Gasteiger partial charge in [-0.3, -0.25) is 18.9 Å². The lowest BCUT2D eigenvalue weighted by Crippen LogP contribution is -2.31. The Labute approximate surface area is 192 Å². The van der Waals surface area contributed by atoms with E-state index in [2.05, 4.69) is 26.1 Å². The number of rotatable bonds is 5. The molecule has 3 heterocycles. The fraction of sp³-hybridized carbons (Fsp3) is 0.478. The van der Waals surface area contributed by atoms with Gasteiger partial charge in [-0.1, -0.05) is 50.8 Å². The molecule has 1 saturated heterocycles. The SMILES string of the molecule is CC(C)CN1C(=O)/C(=C\c2c(NC3CCC(C)CC3)nc3ccccn3c2=O)SC1=S. The van der Waals surface area contributed by atoms with Gasteiger partial charge in [0.05, 0.1) is 10.5 Å². The van der Waals surface area contributed by atoms with E-state index in [1.807, 2.05) is 12.1 Å². The number of anilines is 1. The van der Waals surface area contributed by atoms with E-state index in [1.54, 1.807) is 23.2 Å². The first-order chi connectivity index (χ1) is 14.8. The molecule has 4 rings (SSSR count). The Balaban J connectivity index is 1.74. The highest BCUT2D eigenvalue weighted by atomic mass is 32.2. The summed E-state index contributed by atoms with van der Waals surface area (Å²) in [5.41, 5.74) is 0.808. The first-order valence-corrected chi connectivity index (χ1v) is 12.1. The molecule has 0 unspecified atom stereocenters. The van der Waals surface area contributed by atoms with Crippen LogP contribution in [-0.4, -0.2) is 37.1 Å². The van der Waals surface area contributed by atoms with Crippen LogP contribution in [-0.2, 0) is 4.79 Å². The largest absolute Gasteiger partial charge is 0.367 e. The van der Waals surface area contributed by atoms with Crippen LogP contribution in [0.5, 0.6) is 0 Å². The molecule has 1 aliphatic heterocycles. The molecule has 0 bridgehead atoms. The van der Waals surface area contributed by atoms with Crippen LogP contribution in [0.1, 0.15) is 52.0 Å². The number of amides is 1. The standard InChI is InChI=1S/C23H28N4O2S2/c1-14(2)13-27-22(29)18(31-23(27)30)12-17-20(24-16-9-7-15(3)8-10-16)25-19-6-4-5-11-26(19)21(17)28/h4-6,11-12,14-16,24H,7-10,13H2,1-3H3/b18-12+. The predicted molar refractivity (Wildman–Crippen MR) is 131 cm³/mol. The molecule has 2 fully saturated rings. The molecule has 1 amide bonds. The second kappa shape index (κ2) is 9.12. The number of thiocarbonyl (C=S) groups is 1. The quantitative estimate of drug-likeness (QED) is 0.526. The summed E-state index contributed by atoms with van der Waals surface area (Å²) in [4.78, 5) is 33.2. The number of carbonyl (C=O) groups excluding carboxylic acids is 1. The molecule has 0 spiro atoms. The predicted octanol–water partition coefficient (Wildman–Crippen LogP) is 4.54. The molecule has 2 aromatic rings. The van der Waals surface area contributed by atoms with E-state index < -0.39 is 0 Å². The van der Waals surface area contributed by atoms with E-state index >= 15 is 0 Å². The summed E-state index contributed by atoms with van der Waals surface area (Å²) in [5, 5.41) is 3.51. The van der Waals surface area contributed by atoms with Gasteiger partial charge < -0.3 is 5.32 Å². The Hall–Kier alpha value is -2.19. The minimum Gasteiger partial charge on any atom is -0.367 e. The van der Waals surface area contributed by atoms with Gasteiger partial charge in [0.25, 0.3) is 11.5 Å². The molecule has 0 aromatic carbocycles. The third-order valence-electron chi connectivity index (χ3n) is 5.82. The maximum atomic E-state index is 13.3. The first kappa shape index (κ1) is 22.0. The number of nitrogens with one attached hydrogen (secondary N) is 1. The number of fused-ring (bicyclic) bond motifs is 1. The number of aromatic nitrogens is 2. The van der Waals surface area contributed by atoms with Crippen LogP contribution in [0.15, 0.2) is 34.1 Å². The molecule has 8 heteroatoms. The average Bonchev–Trinajstić information content (AvgIpc) is 2.99. The molecule has 1 saturated carbocycles. The van der Waals surface area contributed by atoms with Gasteiger partial charge in [-0.25, -0.2) is 4.98 Å². The van der Waals surface area contributed by atoms with Crippen LogP contribution in [0, 0.1) is 11.8 Å². The highest BCUT2D eigenvalue weighted by Gasteiger charge is 2.33. The van der Waals surface area contributed by atoms with E-state index in [1.165, 1.54) is 16.2 Å². The Morgan fingerprint density at radius 3 is 2.71 bits per heavy atom. The lowest BCUT2D eigenvalue weighted by atomic mass is 9.87. The van der Waals surface area contributed by atoms with Crippen LogP contribution in [0.2, 0.25) is 0 Å². The number of carbonyl (C=O) groups is 1. The van der Waals surface area contributed by atoms with Crippen molar-refractivity contribution in [3.63, 3.8) is 0 Å². The number of nitrogens with zero attached hydrogens (tertiary/aromatic N) is 3. The van der Waals surface area contributed by atoms with E-state index in [4.69, 9.17) is 17.2 Å². The van der Waals surface area contributed by atoms with Crippen molar-refractivity contribution in [1.29, 1.82) is 0 Å². The van der Waals surface area contributed by atoms with E-state index in [9.17, 15) is 9.59 Å². The molecule has 0 radical (unpaired) electrons. The Morgan fingerprint density at radius 2 is 2.00 bits per heavy atom. The van der Waals surface area contributed by atoms with Crippen molar-refractivity contribution in [2.45, 2.75) is 52.5 Å². The van der Waals surface area contributed by atoms with E-state index in [0.717, 1.165) is 31.6 Å². The highest BCUT2D eigenvalue weighted by molar-refractivity contribution is 8.26. The molecule has 31 heavy (non-hydrogen) atoms. The maximum Gasteiger partial charge on any atom is 0.267 e. The van der Waals surface area contributed by atoms with Crippen molar-refractivity contribution < 1.29 is 4.79 Å². The molecule has 6 nitrogen and oxygen atoms in total. The van der Waals surface area contributed by atoms with E-state index in [0.29, 0.717) is 38.7 Å². The fourth-order valence-corrected chi connectivity index (χ4v) is 5.35. The van der Waals surface area contributed by atoms with E-state index in [-0.39, 0.29) is 17.5 Å². The zero-order valence-electron chi connectivity index (χ0n) is 18.1. The minimum absolute atomic E-state index is 0.140. The van der Waals surface area contributed by atoms with Crippen LogP contribution in [0.3, 0.4) is 0 Å². The van der Waals surface area contributed by atoms with Gasteiger partial charge in [-0.2, -0.15) is 0 Å². The zero-order chi connectivity index (χ0) is 22.1. The van der Waals surface area contributed by atoms with Crippen LogP contribution < -0.4 is 10.9 Å². The van der Waals surface area contributed by atoms with Crippen molar-refractivity contribution >= 4 is 51.7 Å². The summed E-state index contributed by atoms with van der Waals surface area (Å²) in [5.74, 6) is 1.44. The van der Waals surface area contributed by atoms with Crippen molar-refractivity contribution in [2.75, 3.05) is 11.9 Å². The molecule has 1 aliphatic carbocycles. The van der Waals surface area contributed by atoms with Gasteiger partial charge in [0, 0.05) is 18.8 Å². The van der Waals surface area contributed by atoms with Gasteiger partial charge in [-0.15, -0.1) is 0 Å². The second-order valence-electron chi connectivity index (χ2n) is 8.90. The Kier molecular flexibility index (Phi) is 6.48. The molecule has 2 aliphatic rings. The summed E-state index contributed by atoms with van der Waals surface area (Å²) in [6.07, 6.45) is 7.79. The minimum atomic E-state index is -0.189. The number of thioether (sulfide) groups is 1. The second-order valence-corrected chi connectivity index (χ2v) is 10.6. The molecule has 164 valence electrons. The van der Waals surface area contributed by atoms with Gasteiger partial charge in [0.1, 0.15) is 15.8 Å². The third kappa shape index (κ3) is 4.70. The Morgan fingerprint density at radius 1 is 1.26 bits per heavy atom. The summed E-state index contributed by atoms with van der Waals surface area (Å²) in [7, 11) is 0. The van der Waals surface area contributed by atoms with Crippen LogP contribution >= 0.6 is 24.0 Å². The average molecular weight is 457 g/mol. The number of hydrogen-bond donors (Lipinski definition) is 1. The van der Waals surface area contributed by atoms with Gasteiger partial charge in [0.2, 0.25) is 0 Å². The molecule has 1 N–H and O–H groups in total. The smallest absolute Gasteiger partial charge is 0.267 e. The van der Waals surface area contributed by atoms with Crippen LogP contribution in [0.4, 0.5) is 5.82 Å². The maximum absolute atomic E-state index is 13.3. The first-order valence-electron chi connectivity index (χ1n) is 10.9. The molecule has 2 aromatic heterocycles. The molecule has 0 atom stereocenters. The van der Waals surface area contributed by atoms with Crippen molar-refractivity contribution in [3.8, 4) is 0 Å². The summed E-state index contributed by atoms with van der Waals surface area (Å²) >= 11 is 6.68. The fourth-order valence-electron chi connectivity index (χ4n) is 4.09. The van der Waals surface area contributed by atoms with Crippen molar-refractivity contribution in [3.05, 3.63) is 45.2 Å². The van der Waals surface area contributed by atoms with Crippen molar-refractivity contribution in [2.24, 2.45) is 11.8 Å². The van der Waals surface area contributed by atoms with Gasteiger partial charge >= 0.3 is 0 Å². The van der Waals surface area contributed by atoms with Gasteiger partial charge in [-0.05, 0) is 55.7 Å². The summed E-state index contributed by atoms with van der Waals surface area (Å²) in [6, 6.07) is 5.76. The summed E-state index contributed by atoms with van der Waals surface area (Å²) in [6.45, 7) is 6.95. The third-order valence-corrected chi connectivity index (χ3v) is 7.20. The lowest BCUT2D eigenvalue weighted by Gasteiger charge is -2.27. The number of pyridine rings is 1. The molecular weight excluding hydrogens is 428 g/mol. The lowest BCUT2D eigenvalue weighted by molar-refractivity contribution is -0.122. The monoisotopic (exact) mass is 456 g/mol. The van der Waals surface area contributed by atoms with Gasteiger partial charge in [0.15, 0.2) is 0 Å². The normalized spacial score (nSPS) is 23.4. The zero-order valence-corrected chi connectivity index (χ0v) is 19.8. The topological polar surface area (TPSA) is 66.7 Å². The van der Waals surface area contributed by atoms with Crippen molar-refractivity contribution in [1.82, 2.24) is 14.3 Å².